The number of aromatic nitrogens is 2. The van der Waals surface area contributed by atoms with Gasteiger partial charge in [0.2, 0.25) is 5.91 Å². The van der Waals surface area contributed by atoms with Crippen LogP contribution in [0, 0.1) is 0 Å². The van der Waals surface area contributed by atoms with E-state index in [-0.39, 0.29) is 19.1 Å². The van der Waals surface area contributed by atoms with Crippen LogP contribution in [-0.2, 0) is 24.4 Å². The number of nitrogens with one attached hydrogen (secondary N) is 1. The lowest BCUT2D eigenvalue weighted by atomic mass is 10.1. The molecule has 4 rings (SSSR count). The van der Waals surface area contributed by atoms with Crippen LogP contribution in [0.2, 0.25) is 0 Å². The minimum absolute atomic E-state index is 0.0879. The predicted molar refractivity (Wildman–Crippen MR) is 115 cm³/mol. The normalized spacial score (nSPS) is 10.8. The maximum Gasteiger partial charge on any atom is 0.244 e. The van der Waals surface area contributed by atoms with Crippen molar-refractivity contribution in [1.29, 1.82) is 0 Å². The van der Waals surface area contributed by atoms with Crippen molar-refractivity contribution in [3.8, 4) is 5.75 Å². The molecule has 29 heavy (non-hydrogen) atoms. The third-order valence-electron chi connectivity index (χ3n) is 4.82. The summed E-state index contributed by atoms with van der Waals surface area (Å²) in [5.41, 5.74) is 3.73. The summed E-state index contributed by atoms with van der Waals surface area (Å²) in [4.78, 5) is 17.5. The molecule has 0 spiro atoms. The van der Waals surface area contributed by atoms with Gasteiger partial charge in [0.1, 0.15) is 24.7 Å². The van der Waals surface area contributed by atoms with Crippen LogP contribution in [0.1, 0.15) is 18.3 Å². The second-order valence-corrected chi connectivity index (χ2v) is 6.76. The number of rotatable bonds is 7. The fraction of sp³-hybridized carbons (Fsp3) is 0.167. The molecule has 4 aromatic rings. The number of hydrogen-bond acceptors (Lipinski definition) is 3. The van der Waals surface area contributed by atoms with Crippen LogP contribution >= 0.6 is 0 Å². The quantitative estimate of drug-likeness (QED) is 0.496. The van der Waals surface area contributed by atoms with Gasteiger partial charge in [0, 0.05) is 5.69 Å². The second-order valence-electron chi connectivity index (χ2n) is 6.76. The van der Waals surface area contributed by atoms with Crippen molar-refractivity contribution in [2.24, 2.45) is 0 Å². The number of imidazole rings is 1. The molecular weight excluding hydrogens is 362 g/mol. The van der Waals surface area contributed by atoms with Gasteiger partial charge >= 0.3 is 0 Å². The van der Waals surface area contributed by atoms with Crippen LogP contribution in [0.25, 0.3) is 11.0 Å². The molecule has 0 unspecified atom stereocenters. The van der Waals surface area contributed by atoms with E-state index in [0.29, 0.717) is 5.82 Å². The summed E-state index contributed by atoms with van der Waals surface area (Å²) in [6.07, 6.45) is 0.862. The van der Waals surface area contributed by atoms with E-state index in [4.69, 9.17) is 4.74 Å². The van der Waals surface area contributed by atoms with Gasteiger partial charge < -0.3 is 14.6 Å². The zero-order valence-corrected chi connectivity index (χ0v) is 16.3. The lowest BCUT2D eigenvalue weighted by Crippen LogP contribution is -2.21. The minimum atomic E-state index is -0.0879. The summed E-state index contributed by atoms with van der Waals surface area (Å²) in [6, 6.07) is 25.3. The first-order valence-corrected chi connectivity index (χ1v) is 9.74. The molecule has 1 heterocycles. The van der Waals surface area contributed by atoms with E-state index in [9.17, 15) is 4.79 Å². The highest BCUT2D eigenvalue weighted by Crippen LogP contribution is 2.20. The Bertz CT molecular complexity index is 1120. The molecule has 0 atom stereocenters. The van der Waals surface area contributed by atoms with Gasteiger partial charge in [-0.3, -0.25) is 4.79 Å². The van der Waals surface area contributed by atoms with Gasteiger partial charge in [0.15, 0.2) is 0 Å². The maximum absolute atomic E-state index is 12.8. The molecule has 0 aliphatic heterocycles. The summed E-state index contributed by atoms with van der Waals surface area (Å²) >= 11 is 0. The van der Waals surface area contributed by atoms with Crippen molar-refractivity contribution in [2.75, 3.05) is 5.32 Å². The first-order valence-electron chi connectivity index (χ1n) is 9.74. The molecule has 0 saturated heterocycles. The average molecular weight is 385 g/mol. The monoisotopic (exact) mass is 385 g/mol. The van der Waals surface area contributed by atoms with E-state index < -0.39 is 0 Å². The van der Waals surface area contributed by atoms with Gasteiger partial charge in [0.05, 0.1) is 11.0 Å². The summed E-state index contributed by atoms with van der Waals surface area (Å²) in [7, 11) is 0. The number of hydrogen-bond donors (Lipinski definition) is 1. The Balaban J connectivity index is 1.57. The van der Waals surface area contributed by atoms with E-state index in [1.54, 1.807) is 0 Å². The number of para-hydroxylation sites is 4. The van der Waals surface area contributed by atoms with E-state index in [1.165, 1.54) is 0 Å². The maximum atomic E-state index is 12.8. The number of fused-ring (bicyclic) bond motifs is 1. The lowest BCUT2D eigenvalue weighted by molar-refractivity contribution is -0.116. The van der Waals surface area contributed by atoms with Gasteiger partial charge in [0.25, 0.3) is 0 Å². The fourth-order valence-electron chi connectivity index (χ4n) is 3.36. The van der Waals surface area contributed by atoms with Crippen molar-refractivity contribution in [3.63, 3.8) is 0 Å². The van der Waals surface area contributed by atoms with Crippen molar-refractivity contribution in [2.45, 2.75) is 26.5 Å². The largest absolute Gasteiger partial charge is 0.486 e. The van der Waals surface area contributed by atoms with E-state index in [1.807, 2.05) is 83.4 Å². The van der Waals surface area contributed by atoms with Gasteiger partial charge in [-0.25, -0.2) is 4.98 Å². The molecule has 1 aromatic heterocycles. The molecule has 0 radical (unpaired) electrons. The Hall–Kier alpha value is -3.60. The van der Waals surface area contributed by atoms with E-state index in [0.717, 1.165) is 34.5 Å². The molecule has 0 saturated carbocycles. The zero-order chi connectivity index (χ0) is 20.1. The van der Waals surface area contributed by atoms with Crippen LogP contribution in [0.3, 0.4) is 0 Å². The molecule has 1 amide bonds. The van der Waals surface area contributed by atoms with E-state index >= 15 is 0 Å². The molecule has 0 aliphatic carbocycles. The van der Waals surface area contributed by atoms with Gasteiger partial charge in [-0.15, -0.1) is 0 Å². The summed E-state index contributed by atoms with van der Waals surface area (Å²) < 4.78 is 7.80. The molecular formula is C24H23N3O2. The Labute approximate surface area is 170 Å². The standard InChI is InChI=1S/C24H23N3O2/c1-2-18-10-6-7-13-20(18)26-24(28)16-27-22-15-9-8-14-21(22)25-23(27)17-29-19-11-4-3-5-12-19/h3-15H,2,16-17H2,1H3,(H,26,28). The fourth-order valence-corrected chi connectivity index (χ4v) is 3.36. The number of benzene rings is 3. The van der Waals surface area contributed by atoms with Crippen LogP contribution in [0.5, 0.6) is 5.75 Å². The molecule has 146 valence electrons. The number of nitrogens with zero attached hydrogens (tertiary/aromatic N) is 2. The third kappa shape index (κ3) is 4.29. The van der Waals surface area contributed by atoms with E-state index in [2.05, 4.69) is 17.2 Å². The van der Waals surface area contributed by atoms with Crippen LogP contribution in [-0.4, -0.2) is 15.5 Å². The predicted octanol–water partition coefficient (Wildman–Crippen LogP) is 4.82. The molecule has 5 nitrogen and oxygen atoms in total. The topological polar surface area (TPSA) is 56.2 Å². The Morgan fingerprint density at radius 3 is 2.52 bits per heavy atom. The molecule has 1 N–H and O–H groups in total. The molecule has 0 bridgehead atoms. The van der Waals surface area contributed by atoms with Crippen molar-refractivity contribution < 1.29 is 9.53 Å². The van der Waals surface area contributed by atoms with Crippen LogP contribution < -0.4 is 10.1 Å². The average Bonchev–Trinajstić information content (AvgIpc) is 3.10. The lowest BCUT2D eigenvalue weighted by Gasteiger charge is -2.13. The van der Waals surface area contributed by atoms with Gasteiger partial charge in [-0.1, -0.05) is 55.5 Å². The Morgan fingerprint density at radius 1 is 0.966 bits per heavy atom. The summed E-state index contributed by atoms with van der Waals surface area (Å²) in [5.74, 6) is 1.40. The highest BCUT2D eigenvalue weighted by Gasteiger charge is 2.15. The first kappa shape index (κ1) is 18.7. The smallest absolute Gasteiger partial charge is 0.244 e. The van der Waals surface area contributed by atoms with Crippen LogP contribution in [0.15, 0.2) is 78.9 Å². The number of anilines is 1. The Morgan fingerprint density at radius 2 is 1.69 bits per heavy atom. The van der Waals surface area contributed by atoms with Crippen LogP contribution in [0.4, 0.5) is 5.69 Å². The van der Waals surface area contributed by atoms with Gasteiger partial charge in [-0.05, 0) is 42.3 Å². The second kappa shape index (κ2) is 8.61. The minimum Gasteiger partial charge on any atom is -0.486 e. The van der Waals surface area contributed by atoms with Crippen molar-refractivity contribution in [1.82, 2.24) is 9.55 Å². The Kier molecular flexibility index (Phi) is 5.56. The number of ether oxygens (including phenoxy) is 1. The number of carbonyl (C=O) groups is 1. The number of carbonyl (C=O) groups excluding carboxylic acids is 1. The van der Waals surface area contributed by atoms with Crippen molar-refractivity contribution in [3.05, 3.63) is 90.3 Å². The highest BCUT2D eigenvalue weighted by atomic mass is 16.5. The molecule has 0 fully saturated rings. The molecule has 3 aromatic carbocycles. The van der Waals surface area contributed by atoms with Gasteiger partial charge in [-0.2, -0.15) is 0 Å². The highest BCUT2D eigenvalue weighted by molar-refractivity contribution is 5.92. The summed E-state index contributed by atoms with van der Waals surface area (Å²) in [6.45, 7) is 2.54. The number of amides is 1. The molecule has 0 aliphatic rings. The zero-order valence-electron chi connectivity index (χ0n) is 16.3. The van der Waals surface area contributed by atoms with Crippen molar-refractivity contribution >= 4 is 22.6 Å². The SMILES string of the molecule is CCc1ccccc1NC(=O)Cn1c(COc2ccccc2)nc2ccccc21. The first-order chi connectivity index (χ1) is 14.2. The summed E-state index contributed by atoms with van der Waals surface area (Å²) in [5, 5.41) is 3.04. The number of aryl methyl sites for hydroxylation is 1. The third-order valence-corrected chi connectivity index (χ3v) is 4.82. The molecule has 5 heteroatoms.